The Morgan fingerprint density at radius 2 is 0.758 bits per heavy atom. The Kier molecular flexibility index (Phi) is 26.0. The van der Waals surface area contributed by atoms with Crippen molar-refractivity contribution in [3.05, 3.63) is 0 Å². The van der Waals surface area contributed by atoms with Crippen molar-refractivity contribution in [2.24, 2.45) is 0 Å². The van der Waals surface area contributed by atoms with E-state index in [2.05, 4.69) is 10.6 Å². The van der Waals surface area contributed by atoms with E-state index in [0.717, 1.165) is 13.8 Å². The Labute approximate surface area is 516 Å². The van der Waals surface area contributed by atoms with Crippen LogP contribution in [0.4, 0.5) is 0 Å². The molecule has 0 aromatic heterocycles. The van der Waals surface area contributed by atoms with Gasteiger partial charge in [-0.25, -0.2) is 0 Å². The maximum absolute atomic E-state index is 13.3. The molecule has 8 rings (SSSR count). The summed E-state index contributed by atoms with van der Waals surface area (Å²) in [5.74, 6) is -1.81. The first-order valence-electron chi connectivity index (χ1n) is 29.2. The average molecular weight is 1340 g/mol. The molecule has 91 heavy (non-hydrogen) atoms. The molecule has 0 spiro atoms. The Bertz CT molecular complexity index is 2290. The third-order valence-electron chi connectivity index (χ3n) is 17.0. The molecule has 528 valence electrons. The fourth-order valence-corrected chi connectivity index (χ4v) is 11.7. The van der Waals surface area contributed by atoms with Gasteiger partial charge in [-0.2, -0.15) is 0 Å². The zero-order chi connectivity index (χ0) is 66.9. The van der Waals surface area contributed by atoms with Crippen LogP contribution in [0, 0.1) is 0 Å². The molecule has 2 amide bonds. The predicted octanol–water partition coefficient (Wildman–Crippen LogP) is -15.5. The lowest BCUT2D eigenvalue weighted by Gasteiger charge is -2.52. The first-order valence-corrected chi connectivity index (χ1v) is 29.2. The summed E-state index contributed by atoms with van der Waals surface area (Å²) in [6.07, 6.45) is -72.2. The van der Waals surface area contributed by atoms with Gasteiger partial charge in [0.2, 0.25) is 11.8 Å². The minimum Gasteiger partial charge on any atom is -0.394 e. The van der Waals surface area contributed by atoms with Gasteiger partial charge >= 0.3 is 0 Å². The third kappa shape index (κ3) is 16.2. The second-order valence-electron chi connectivity index (χ2n) is 23.4. The zero-order valence-electron chi connectivity index (χ0n) is 49.1. The van der Waals surface area contributed by atoms with E-state index in [0.29, 0.717) is 0 Å². The molecule has 23 N–H and O–H groups in total. The molecule has 8 aliphatic heterocycles. The summed E-state index contributed by atoms with van der Waals surface area (Å²) in [7, 11) is 0. The van der Waals surface area contributed by atoms with E-state index in [-0.39, 0.29) is 0 Å². The van der Waals surface area contributed by atoms with Crippen LogP contribution in [0.2, 0.25) is 0 Å². The molecule has 39 atom stereocenters. The molecular weight excluding hydrogens is 1250 g/mol. The number of aliphatic hydroxyl groups is 21. The van der Waals surface area contributed by atoms with E-state index >= 15 is 0 Å². The lowest BCUT2D eigenvalue weighted by atomic mass is 9.93. The highest BCUT2D eigenvalue weighted by Crippen LogP contribution is 2.39. The minimum atomic E-state index is -2.32. The maximum atomic E-state index is 13.3. The van der Waals surface area contributed by atoms with Gasteiger partial charge in [0, 0.05) is 13.8 Å². The summed E-state index contributed by atoms with van der Waals surface area (Å²) in [6, 6.07) is -3.78. The molecule has 40 nitrogen and oxygen atoms in total. The fraction of sp³-hybridized carbons (Fsp3) is 0.961. The number of nitrogens with one attached hydrogen (secondary N) is 2. The van der Waals surface area contributed by atoms with E-state index < -0.39 is 291 Å². The molecule has 8 saturated heterocycles. The number of carbonyl (C=O) groups is 2. The van der Waals surface area contributed by atoms with Crippen LogP contribution < -0.4 is 10.6 Å². The number of hydrogen-bond acceptors (Lipinski definition) is 38. The topological polar surface area (TPSA) is 621 Å². The summed E-state index contributed by atoms with van der Waals surface area (Å²) in [5.41, 5.74) is 0. The second kappa shape index (κ2) is 31.8. The van der Waals surface area contributed by atoms with Crippen LogP contribution in [0.5, 0.6) is 0 Å². The predicted molar refractivity (Wildman–Crippen MR) is 279 cm³/mol. The first kappa shape index (κ1) is 74.3. The van der Waals surface area contributed by atoms with Crippen molar-refractivity contribution in [3.63, 3.8) is 0 Å². The lowest BCUT2D eigenvalue weighted by Crippen LogP contribution is -2.71. The molecule has 8 fully saturated rings. The molecule has 0 aromatic carbocycles. The van der Waals surface area contributed by atoms with Gasteiger partial charge in [0.15, 0.2) is 50.3 Å². The van der Waals surface area contributed by atoms with Crippen LogP contribution in [0.3, 0.4) is 0 Å². The van der Waals surface area contributed by atoms with E-state index in [4.69, 9.17) is 71.1 Å². The normalized spacial score (nSPS) is 51.7. The molecule has 0 saturated carbocycles. The zero-order valence-corrected chi connectivity index (χ0v) is 49.1. The highest BCUT2D eigenvalue weighted by atomic mass is 16.8. The molecule has 8 heterocycles. The van der Waals surface area contributed by atoms with Gasteiger partial charge in [-0.05, 0) is 13.8 Å². The van der Waals surface area contributed by atoms with Crippen molar-refractivity contribution >= 4 is 11.8 Å². The number of amides is 2. The van der Waals surface area contributed by atoms with E-state index in [1.807, 2.05) is 0 Å². The lowest BCUT2D eigenvalue weighted by molar-refractivity contribution is -0.405. The van der Waals surface area contributed by atoms with Gasteiger partial charge in [-0.15, -0.1) is 0 Å². The van der Waals surface area contributed by atoms with Crippen LogP contribution in [-0.4, -0.2) is 398 Å². The maximum Gasteiger partial charge on any atom is 0.217 e. The summed E-state index contributed by atoms with van der Waals surface area (Å²) < 4.78 is 89.1. The highest BCUT2D eigenvalue weighted by molar-refractivity contribution is 5.73. The number of aliphatic hydroxyl groups excluding tert-OH is 21. The minimum absolute atomic E-state index is 0.740. The third-order valence-corrected chi connectivity index (χ3v) is 17.0. The molecule has 0 unspecified atom stereocenters. The van der Waals surface area contributed by atoms with Crippen LogP contribution in [0.15, 0.2) is 0 Å². The molecule has 0 aromatic rings. The number of carbonyl (C=O) groups excluding carboxylic acids is 2. The molecule has 0 radical (unpaired) electrons. The van der Waals surface area contributed by atoms with Gasteiger partial charge in [-0.3, -0.25) is 9.59 Å². The van der Waals surface area contributed by atoms with Crippen molar-refractivity contribution in [1.29, 1.82) is 0 Å². The van der Waals surface area contributed by atoms with Crippen LogP contribution in [0.1, 0.15) is 27.7 Å². The van der Waals surface area contributed by atoms with E-state index in [1.165, 1.54) is 13.8 Å². The van der Waals surface area contributed by atoms with Crippen molar-refractivity contribution < 1.29 is 188 Å². The van der Waals surface area contributed by atoms with Gasteiger partial charge in [0.25, 0.3) is 0 Å². The molecular formula is C51H86N2O38. The number of ether oxygens (including phenoxy) is 15. The summed E-state index contributed by atoms with van der Waals surface area (Å²) in [5, 5.41) is 234. The van der Waals surface area contributed by atoms with Crippen molar-refractivity contribution in [2.75, 3.05) is 39.6 Å². The number of rotatable bonds is 21. The Morgan fingerprint density at radius 3 is 1.31 bits per heavy atom. The monoisotopic (exact) mass is 1330 g/mol. The SMILES string of the molecule is CC(=O)N[C@@H]1[C@@H](O[C@@H]2O[C@@H](C)[C@@H](O)[C@@H](O)[C@@H]2O)[C@H](O[C@@H]2O[C@H](CO)[C@@H](O[C@@H]3O[C@H](CO[C@H]4O[C@H](CO)[C@@H](O)[C@H](O)[C@@H]4O)[C@@H](O)[C@H](O[C@H]4O[C@H](CO)[C@@H](O)[C@H](O)[C@@H]4O)[C@@H]3O[C@@H]3OC[C@@H](O)[C@H](O)[C@H]3O)[C@H](O)[C@H]2NC(C)=O)[C@@H](CO[C@@H]2O[C@@H](C)[C@@H](O)[C@@H](O)[C@@H]2O)O[C@@H]1O. The first-order chi connectivity index (χ1) is 42.9. The molecule has 0 bridgehead atoms. The summed E-state index contributed by atoms with van der Waals surface area (Å²) in [6.45, 7) is -1.19. The summed E-state index contributed by atoms with van der Waals surface area (Å²) >= 11 is 0. The Hall–Kier alpha value is -2.50. The average Bonchev–Trinajstić information content (AvgIpc) is 0.779. The molecule has 8 aliphatic rings. The van der Waals surface area contributed by atoms with E-state index in [1.54, 1.807) is 0 Å². The molecule has 0 aliphatic carbocycles. The quantitative estimate of drug-likeness (QED) is 0.0507. The highest BCUT2D eigenvalue weighted by Gasteiger charge is 2.60. The Morgan fingerprint density at radius 1 is 0.352 bits per heavy atom. The second-order valence-corrected chi connectivity index (χ2v) is 23.4. The molecule has 40 heteroatoms. The van der Waals surface area contributed by atoms with Crippen LogP contribution in [-0.2, 0) is 80.6 Å². The largest absolute Gasteiger partial charge is 0.394 e. The Balaban J connectivity index is 1.17. The van der Waals surface area contributed by atoms with Gasteiger partial charge in [-0.1, -0.05) is 0 Å². The fourth-order valence-electron chi connectivity index (χ4n) is 11.7. The van der Waals surface area contributed by atoms with E-state index in [9.17, 15) is 117 Å². The van der Waals surface area contributed by atoms with Crippen molar-refractivity contribution in [3.8, 4) is 0 Å². The van der Waals surface area contributed by atoms with Gasteiger partial charge in [0.1, 0.15) is 177 Å². The van der Waals surface area contributed by atoms with Crippen molar-refractivity contribution in [1.82, 2.24) is 10.6 Å². The van der Waals surface area contributed by atoms with Gasteiger partial charge in [0.05, 0.1) is 51.8 Å². The summed E-state index contributed by atoms with van der Waals surface area (Å²) in [4.78, 5) is 26.1. The van der Waals surface area contributed by atoms with Crippen molar-refractivity contribution in [2.45, 2.75) is 267 Å². The van der Waals surface area contributed by atoms with Crippen LogP contribution in [0.25, 0.3) is 0 Å². The number of hydrogen-bond donors (Lipinski definition) is 23. The smallest absolute Gasteiger partial charge is 0.217 e. The van der Waals surface area contributed by atoms with Gasteiger partial charge < -0.3 is 189 Å². The standard InChI is InChI=1S/C51H86N2O38/c1-11-23(60)30(67)35(72)46(80-11)79-10-20-40(41(22(44(76)82-20)53-14(4)58)89-49-37(74)31(68)24(61)12(2)81-49)88-45-21(52-13(3)57)29(66)39(18(7-56)85-45)87-51-43(91-48-34(71)25(62)15(59)8-77-48)42(90-50-38(75)33(70)27(64)17(6-55)84-50)28(65)19(86-51)9-78-47-36(73)32(69)26(63)16(5-54)83-47/h11-12,15-51,54-56,59-76H,5-10H2,1-4H3,(H,52,57)(H,53,58)/t11-,12-,15+,16+,17+,18+,19+,20+,21+,22+,23+,24+,25-,26+,27+,28+,29+,30+,31+,32-,33-,34+,35-,36-,37-,38-,39+,40+,41+,42-,43-,44-,45-,46+,47-,48-,49-,50+,51-/m0/s1. The van der Waals surface area contributed by atoms with Crippen LogP contribution >= 0.6 is 0 Å².